The molecule has 0 aromatic carbocycles. The number of hydrogen-bond donors (Lipinski definition) is 1. The first-order chi connectivity index (χ1) is 12.2. The predicted octanol–water partition coefficient (Wildman–Crippen LogP) is 2.39. The van der Waals surface area contributed by atoms with Crippen LogP contribution in [0.25, 0.3) is 0 Å². The molecule has 138 valence electrons. The maximum absolute atomic E-state index is 12.5. The van der Waals surface area contributed by atoms with Gasteiger partial charge in [-0.2, -0.15) is 0 Å². The fraction of sp³-hybridized carbons (Fsp3) is 0.737. The van der Waals surface area contributed by atoms with Crippen LogP contribution in [0, 0.1) is 5.92 Å². The fourth-order valence-electron chi connectivity index (χ4n) is 4.03. The summed E-state index contributed by atoms with van der Waals surface area (Å²) in [4.78, 5) is 25.6. The first-order valence-corrected chi connectivity index (χ1v) is 9.76. The Balaban J connectivity index is 1.50. The van der Waals surface area contributed by atoms with Gasteiger partial charge in [0.2, 0.25) is 11.9 Å². The smallest absolute Gasteiger partial charge is 0.243 e. The van der Waals surface area contributed by atoms with Crippen molar-refractivity contribution in [3.8, 4) is 0 Å². The van der Waals surface area contributed by atoms with Crippen LogP contribution >= 0.6 is 0 Å². The molecule has 0 bridgehead atoms. The second-order valence-corrected chi connectivity index (χ2v) is 7.46. The molecule has 1 aromatic rings. The van der Waals surface area contributed by atoms with Crippen molar-refractivity contribution in [3.05, 3.63) is 18.5 Å². The van der Waals surface area contributed by atoms with E-state index < -0.39 is 0 Å². The van der Waals surface area contributed by atoms with Gasteiger partial charge >= 0.3 is 0 Å². The Hall–Kier alpha value is -1.53. The lowest BCUT2D eigenvalue weighted by atomic mass is 9.96. The summed E-state index contributed by atoms with van der Waals surface area (Å²) in [5, 5.41) is 2.83. The van der Waals surface area contributed by atoms with Crippen LogP contribution in [0.4, 0.5) is 5.95 Å². The van der Waals surface area contributed by atoms with Crippen molar-refractivity contribution in [3.63, 3.8) is 0 Å². The first-order valence-electron chi connectivity index (χ1n) is 9.76. The number of hydrogen-bond acceptors (Lipinski definition) is 5. The van der Waals surface area contributed by atoms with Gasteiger partial charge in [-0.1, -0.05) is 12.8 Å². The normalized spacial score (nSPS) is 24.4. The number of likely N-dealkylation sites (tertiary alicyclic amines) is 2. The van der Waals surface area contributed by atoms with Crippen molar-refractivity contribution in [2.45, 2.75) is 51.5 Å². The Morgan fingerprint density at radius 3 is 2.60 bits per heavy atom. The van der Waals surface area contributed by atoms with E-state index in [9.17, 15) is 4.79 Å². The van der Waals surface area contributed by atoms with Crippen LogP contribution in [0.3, 0.4) is 0 Å². The third-order valence-electron chi connectivity index (χ3n) is 5.49. The topological polar surface area (TPSA) is 61.4 Å². The Kier molecular flexibility index (Phi) is 6.76. The molecule has 2 atom stereocenters. The van der Waals surface area contributed by atoms with E-state index in [-0.39, 0.29) is 11.9 Å². The number of anilines is 1. The van der Waals surface area contributed by atoms with Gasteiger partial charge in [-0.05, 0) is 64.2 Å². The summed E-state index contributed by atoms with van der Waals surface area (Å²) < 4.78 is 0. The maximum Gasteiger partial charge on any atom is 0.243 e. The van der Waals surface area contributed by atoms with Crippen molar-refractivity contribution in [2.24, 2.45) is 5.92 Å². The maximum atomic E-state index is 12.5. The highest BCUT2D eigenvalue weighted by molar-refractivity contribution is 5.93. The predicted molar refractivity (Wildman–Crippen MR) is 99.3 cm³/mol. The van der Waals surface area contributed by atoms with Crippen LogP contribution in [0.15, 0.2) is 18.5 Å². The average Bonchev–Trinajstić information content (AvgIpc) is 2.91. The molecule has 1 aromatic heterocycles. The SMILES string of the molecule is C[C@@H](C(=O)Nc1ncccn1)N1CCC[C@@H](CN2CCCCCC2)C1. The van der Waals surface area contributed by atoms with E-state index in [1.165, 1.54) is 58.2 Å². The number of nitrogens with one attached hydrogen (secondary N) is 1. The summed E-state index contributed by atoms with van der Waals surface area (Å²) in [6, 6.07) is 1.60. The van der Waals surface area contributed by atoms with Crippen LogP contribution in [0.1, 0.15) is 45.4 Å². The van der Waals surface area contributed by atoms with E-state index in [1.54, 1.807) is 18.5 Å². The fourth-order valence-corrected chi connectivity index (χ4v) is 4.03. The van der Waals surface area contributed by atoms with Crippen molar-refractivity contribution in [1.29, 1.82) is 0 Å². The summed E-state index contributed by atoms with van der Waals surface area (Å²) in [6.07, 6.45) is 11.2. The van der Waals surface area contributed by atoms with E-state index in [0.717, 1.165) is 13.1 Å². The second-order valence-electron chi connectivity index (χ2n) is 7.46. The minimum Gasteiger partial charge on any atom is -0.303 e. The van der Waals surface area contributed by atoms with E-state index in [2.05, 4.69) is 25.1 Å². The lowest BCUT2D eigenvalue weighted by molar-refractivity contribution is -0.121. The van der Waals surface area contributed by atoms with Gasteiger partial charge in [-0.3, -0.25) is 15.0 Å². The number of amides is 1. The third kappa shape index (κ3) is 5.47. The summed E-state index contributed by atoms with van der Waals surface area (Å²) in [7, 11) is 0. The number of rotatable bonds is 5. The quantitative estimate of drug-likeness (QED) is 0.888. The van der Waals surface area contributed by atoms with Crippen LogP contribution < -0.4 is 5.32 Å². The Morgan fingerprint density at radius 2 is 1.88 bits per heavy atom. The number of nitrogens with zero attached hydrogens (tertiary/aromatic N) is 4. The largest absolute Gasteiger partial charge is 0.303 e. The monoisotopic (exact) mass is 345 g/mol. The van der Waals surface area contributed by atoms with Gasteiger partial charge in [0.05, 0.1) is 6.04 Å². The van der Waals surface area contributed by atoms with Crippen LogP contribution in [-0.2, 0) is 4.79 Å². The molecule has 1 amide bonds. The Morgan fingerprint density at radius 1 is 1.16 bits per heavy atom. The zero-order valence-corrected chi connectivity index (χ0v) is 15.4. The molecule has 0 saturated carbocycles. The zero-order valence-electron chi connectivity index (χ0n) is 15.4. The molecule has 2 aliphatic rings. The van der Waals surface area contributed by atoms with E-state index >= 15 is 0 Å². The van der Waals surface area contributed by atoms with Gasteiger partial charge < -0.3 is 4.90 Å². The molecular formula is C19H31N5O. The van der Waals surface area contributed by atoms with Crippen molar-refractivity contribution >= 4 is 11.9 Å². The summed E-state index contributed by atoms with van der Waals surface area (Å²) in [5.74, 6) is 1.05. The molecule has 3 rings (SSSR count). The molecule has 1 N–H and O–H groups in total. The molecule has 0 aliphatic carbocycles. The Bertz CT molecular complexity index is 530. The zero-order chi connectivity index (χ0) is 17.5. The lowest BCUT2D eigenvalue weighted by Crippen LogP contribution is -2.49. The Labute approximate surface area is 151 Å². The van der Waals surface area contributed by atoms with Crippen LogP contribution in [-0.4, -0.2) is 64.4 Å². The van der Waals surface area contributed by atoms with Gasteiger partial charge in [-0.15, -0.1) is 0 Å². The number of piperidine rings is 1. The molecule has 6 nitrogen and oxygen atoms in total. The van der Waals surface area contributed by atoms with Gasteiger partial charge in [0.15, 0.2) is 0 Å². The highest BCUT2D eigenvalue weighted by Crippen LogP contribution is 2.21. The molecule has 25 heavy (non-hydrogen) atoms. The molecule has 2 fully saturated rings. The molecule has 6 heteroatoms. The average molecular weight is 345 g/mol. The van der Waals surface area contributed by atoms with Gasteiger partial charge in [0.25, 0.3) is 0 Å². The summed E-state index contributed by atoms with van der Waals surface area (Å²) in [5.41, 5.74) is 0. The van der Waals surface area contributed by atoms with Gasteiger partial charge in [0, 0.05) is 25.5 Å². The van der Waals surface area contributed by atoms with Gasteiger partial charge in [-0.25, -0.2) is 9.97 Å². The highest BCUT2D eigenvalue weighted by Gasteiger charge is 2.28. The van der Waals surface area contributed by atoms with Crippen LogP contribution in [0.5, 0.6) is 0 Å². The molecule has 0 spiro atoms. The number of carbonyl (C=O) groups excluding carboxylic acids is 1. The first kappa shape index (κ1) is 18.3. The molecule has 0 unspecified atom stereocenters. The van der Waals surface area contributed by atoms with E-state index in [1.807, 2.05) is 6.92 Å². The molecular weight excluding hydrogens is 314 g/mol. The second kappa shape index (κ2) is 9.25. The minimum absolute atomic E-state index is 0.0124. The minimum atomic E-state index is -0.143. The molecule has 0 radical (unpaired) electrons. The number of carbonyl (C=O) groups is 1. The van der Waals surface area contributed by atoms with E-state index in [4.69, 9.17) is 0 Å². The summed E-state index contributed by atoms with van der Waals surface area (Å²) in [6.45, 7) is 7.69. The molecule has 2 saturated heterocycles. The lowest BCUT2D eigenvalue weighted by Gasteiger charge is -2.38. The highest BCUT2D eigenvalue weighted by atomic mass is 16.2. The third-order valence-corrected chi connectivity index (χ3v) is 5.49. The van der Waals surface area contributed by atoms with Crippen LogP contribution in [0.2, 0.25) is 0 Å². The molecule has 3 heterocycles. The number of aromatic nitrogens is 2. The van der Waals surface area contributed by atoms with Crippen molar-refractivity contribution in [1.82, 2.24) is 19.8 Å². The van der Waals surface area contributed by atoms with Crippen molar-refractivity contribution < 1.29 is 4.79 Å². The van der Waals surface area contributed by atoms with Crippen molar-refractivity contribution in [2.75, 3.05) is 38.0 Å². The van der Waals surface area contributed by atoms with E-state index in [0.29, 0.717) is 11.9 Å². The summed E-state index contributed by atoms with van der Waals surface area (Å²) >= 11 is 0. The molecule has 2 aliphatic heterocycles. The standard InChI is InChI=1S/C19H31N5O/c1-16(18(25)22-19-20-9-7-10-21-19)24-13-6-8-17(15-24)14-23-11-4-2-3-5-12-23/h7,9-10,16-17H,2-6,8,11-15H2,1H3,(H,20,21,22,25)/t16-,17-/m0/s1. The van der Waals surface area contributed by atoms with Gasteiger partial charge in [0.1, 0.15) is 0 Å².